The molecule has 132 valence electrons. The van der Waals surface area contributed by atoms with E-state index in [0.717, 1.165) is 51.6 Å². The Hall–Kier alpha value is -0.820. The van der Waals surface area contributed by atoms with Crippen LogP contribution in [0.3, 0.4) is 0 Å². The maximum Gasteiger partial charge on any atom is 0.191 e. The lowest BCUT2D eigenvalue weighted by Gasteiger charge is -2.15. The van der Waals surface area contributed by atoms with E-state index in [2.05, 4.69) is 59.8 Å². The van der Waals surface area contributed by atoms with E-state index < -0.39 is 0 Å². The van der Waals surface area contributed by atoms with E-state index in [4.69, 9.17) is 4.74 Å². The lowest BCUT2D eigenvalue weighted by molar-refractivity contribution is 0.146. The van der Waals surface area contributed by atoms with Crippen LogP contribution in [0.25, 0.3) is 0 Å². The first kappa shape index (κ1) is 22.2. The molecule has 0 amide bonds. The second kappa shape index (κ2) is 14.8. The van der Waals surface area contributed by atoms with Gasteiger partial charge in [-0.2, -0.15) is 0 Å². The summed E-state index contributed by atoms with van der Waals surface area (Å²) in [5.74, 6) is 1.45. The van der Waals surface area contributed by atoms with E-state index in [0.29, 0.717) is 5.92 Å². The zero-order valence-corrected chi connectivity index (χ0v) is 17.0. The van der Waals surface area contributed by atoms with Crippen LogP contribution in [0.5, 0.6) is 0 Å². The van der Waals surface area contributed by atoms with Crippen LogP contribution in [0.4, 0.5) is 0 Å². The summed E-state index contributed by atoms with van der Waals surface area (Å²) in [4.78, 5) is 4.57. The standard InChI is InChI=1S/C18H31N3O.HI/c1-4-19-18(20-13-9-15-22-5-2)21-14-12-16(3)17-10-7-6-8-11-17;/h6-8,10-11,16H,4-5,9,12-15H2,1-3H3,(H2,19,20,21);1H. The molecule has 0 aliphatic rings. The van der Waals surface area contributed by atoms with E-state index in [9.17, 15) is 0 Å². The molecule has 0 saturated heterocycles. The van der Waals surface area contributed by atoms with Crippen LogP contribution in [-0.4, -0.2) is 38.8 Å². The third-order valence-corrected chi connectivity index (χ3v) is 3.50. The minimum absolute atomic E-state index is 0. The normalized spacial score (nSPS) is 12.4. The van der Waals surface area contributed by atoms with Gasteiger partial charge >= 0.3 is 0 Å². The van der Waals surface area contributed by atoms with E-state index in [-0.39, 0.29) is 24.0 Å². The van der Waals surface area contributed by atoms with Gasteiger partial charge in [0.1, 0.15) is 0 Å². The average molecular weight is 433 g/mol. The van der Waals surface area contributed by atoms with Gasteiger partial charge in [-0.25, -0.2) is 0 Å². The van der Waals surface area contributed by atoms with Crippen LogP contribution >= 0.6 is 24.0 Å². The highest BCUT2D eigenvalue weighted by Gasteiger charge is 2.05. The number of ether oxygens (including phenoxy) is 1. The molecular weight excluding hydrogens is 401 g/mol. The SMILES string of the molecule is CCNC(=NCCCOCC)NCCC(C)c1ccccc1.I. The van der Waals surface area contributed by atoms with Crippen molar-refractivity contribution >= 4 is 29.9 Å². The summed E-state index contributed by atoms with van der Waals surface area (Å²) >= 11 is 0. The number of hydrogen-bond acceptors (Lipinski definition) is 2. The molecule has 0 aromatic heterocycles. The Bertz CT molecular complexity index is 412. The summed E-state index contributed by atoms with van der Waals surface area (Å²) in [6, 6.07) is 10.6. The number of halogens is 1. The van der Waals surface area contributed by atoms with Crippen LogP contribution in [0, 0.1) is 0 Å². The van der Waals surface area contributed by atoms with Gasteiger partial charge in [-0.05, 0) is 38.2 Å². The Balaban J connectivity index is 0.00000484. The van der Waals surface area contributed by atoms with Gasteiger partial charge in [0, 0.05) is 32.8 Å². The Morgan fingerprint density at radius 2 is 1.91 bits per heavy atom. The molecule has 1 atom stereocenters. The van der Waals surface area contributed by atoms with Gasteiger partial charge in [0.05, 0.1) is 0 Å². The molecular formula is C18H32IN3O. The Morgan fingerprint density at radius 1 is 1.17 bits per heavy atom. The molecule has 4 nitrogen and oxygen atoms in total. The van der Waals surface area contributed by atoms with Gasteiger partial charge in [-0.1, -0.05) is 37.3 Å². The highest BCUT2D eigenvalue weighted by Crippen LogP contribution is 2.17. The highest BCUT2D eigenvalue weighted by molar-refractivity contribution is 14.0. The summed E-state index contributed by atoms with van der Waals surface area (Å²) < 4.78 is 5.33. The van der Waals surface area contributed by atoms with Gasteiger partial charge in [0.15, 0.2) is 5.96 Å². The lowest BCUT2D eigenvalue weighted by Crippen LogP contribution is -2.38. The summed E-state index contributed by atoms with van der Waals surface area (Å²) in [6.45, 7) is 10.5. The van der Waals surface area contributed by atoms with Crippen molar-refractivity contribution in [2.24, 2.45) is 4.99 Å². The largest absolute Gasteiger partial charge is 0.382 e. The van der Waals surface area contributed by atoms with E-state index in [1.807, 2.05) is 6.92 Å². The summed E-state index contributed by atoms with van der Waals surface area (Å²) in [5, 5.41) is 6.70. The second-order valence-electron chi connectivity index (χ2n) is 5.34. The van der Waals surface area contributed by atoms with Crippen molar-refractivity contribution < 1.29 is 4.74 Å². The minimum Gasteiger partial charge on any atom is -0.382 e. The number of aliphatic imine (C=N–C) groups is 1. The first-order chi connectivity index (χ1) is 10.8. The fourth-order valence-electron chi connectivity index (χ4n) is 2.20. The van der Waals surface area contributed by atoms with Crippen LogP contribution in [0.2, 0.25) is 0 Å². The molecule has 0 aliphatic heterocycles. The van der Waals surface area contributed by atoms with Gasteiger partial charge in [0.2, 0.25) is 0 Å². The predicted octanol–water partition coefficient (Wildman–Crippen LogP) is 3.78. The van der Waals surface area contributed by atoms with Crippen molar-refractivity contribution in [1.82, 2.24) is 10.6 Å². The molecule has 23 heavy (non-hydrogen) atoms. The van der Waals surface area contributed by atoms with Crippen molar-refractivity contribution in [2.75, 3.05) is 32.8 Å². The molecule has 0 saturated carbocycles. The Kier molecular flexibility index (Phi) is 14.2. The van der Waals surface area contributed by atoms with E-state index >= 15 is 0 Å². The maximum absolute atomic E-state index is 5.33. The summed E-state index contributed by atoms with van der Waals surface area (Å²) in [6.07, 6.45) is 2.05. The van der Waals surface area contributed by atoms with E-state index in [1.54, 1.807) is 0 Å². The number of rotatable bonds is 10. The monoisotopic (exact) mass is 433 g/mol. The van der Waals surface area contributed by atoms with Gasteiger partial charge < -0.3 is 15.4 Å². The Labute approximate surface area is 158 Å². The third-order valence-electron chi connectivity index (χ3n) is 3.50. The molecule has 1 rings (SSSR count). The van der Waals surface area contributed by atoms with Gasteiger partial charge in [-0.15, -0.1) is 24.0 Å². The number of nitrogens with one attached hydrogen (secondary N) is 2. The van der Waals surface area contributed by atoms with E-state index in [1.165, 1.54) is 5.56 Å². The molecule has 0 aliphatic carbocycles. The van der Waals surface area contributed by atoms with Crippen molar-refractivity contribution in [3.8, 4) is 0 Å². The van der Waals surface area contributed by atoms with Crippen LogP contribution in [-0.2, 0) is 4.74 Å². The number of hydrogen-bond donors (Lipinski definition) is 2. The molecule has 0 radical (unpaired) electrons. The van der Waals surface area contributed by atoms with Crippen LogP contribution in [0.1, 0.15) is 45.1 Å². The molecule has 5 heteroatoms. The zero-order valence-electron chi connectivity index (χ0n) is 14.7. The molecule has 0 spiro atoms. The zero-order chi connectivity index (χ0) is 16.0. The maximum atomic E-state index is 5.33. The van der Waals surface area contributed by atoms with Crippen molar-refractivity contribution in [1.29, 1.82) is 0 Å². The number of nitrogens with zero attached hydrogens (tertiary/aromatic N) is 1. The fraction of sp³-hybridized carbons (Fsp3) is 0.611. The summed E-state index contributed by atoms with van der Waals surface area (Å²) in [7, 11) is 0. The molecule has 1 aromatic rings. The fourth-order valence-corrected chi connectivity index (χ4v) is 2.20. The highest BCUT2D eigenvalue weighted by atomic mass is 127. The quantitative estimate of drug-likeness (QED) is 0.256. The molecule has 1 aromatic carbocycles. The average Bonchev–Trinajstić information content (AvgIpc) is 2.55. The van der Waals surface area contributed by atoms with Gasteiger partial charge in [-0.3, -0.25) is 4.99 Å². The summed E-state index contributed by atoms with van der Waals surface area (Å²) in [5.41, 5.74) is 1.39. The van der Waals surface area contributed by atoms with Crippen molar-refractivity contribution in [3.63, 3.8) is 0 Å². The smallest absolute Gasteiger partial charge is 0.191 e. The van der Waals surface area contributed by atoms with Gasteiger partial charge in [0.25, 0.3) is 0 Å². The minimum atomic E-state index is 0. The van der Waals surface area contributed by atoms with Crippen LogP contribution < -0.4 is 10.6 Å². The topological polar surface area (TPSA) is 45.7 Å². The molecule has 0 heterocycles. The molecule has 2 N–H and O–H groups in total. The van der Waals surface area contributed by atoms with Crippen LogP contribution in [0.15, 0.2) is 35.3 Å². The predicted molar refractivity (Wildman–Crippen MR) is 110 cm³/mol. The second-order valence-corrected chi connectivity index (χ2v) is 5.34. The molecule has 0 bridgehead atoms. The first-order valence-corrected chi connectivity index (χ1v) is 8.42. The Morgan fingerprint density at radius 3 is 2.57 bits per heavy atom. The number of benzene rings is 1. The van der Waals surface area contributed by atoms with Crippen molar-refractivity contribution in [2.45, 2.75) is 39.5 Å². The molecule has 1 unspecified atom stereocenters. The first-order valence-electron chi connectivity index (χ1n) is 8.42. The third kappa shape index (κ3) is 10.5. The van der Waals surface area contributed by atoms with Crippen molar-refractivity contribution in [3.05, 3.63) is 35.9 Å². The lowest BCUT2D eigenvalue weighted by atomic mass is 9.98. The number of guanidine groups is 1. The molecule has 0 fully saturated rings.